The van der Waals surface area contributed by atoms with Crippen molar-refractivity contribution in [3.63, 3.8) is 0 Å². The van der Waals surface area contributed by atoms with E-state index in [-0.39, 0.29) is 11.8 Å². The van der Waals surface area contributed by atoms with Crippen molar-refractivity contribution in [3.05, 3.63) is 71.3 Å². The predicted molar refractivity (Wildman–Crippen MR) is 137 cm³/mol. The van der Waals surface area contributed by atoms with E-state index in [1.807, 2.05) is 84.3 Å². The van der Waals surface area contributed by atoms with Gasteiger partial charge in [0.05, 0.1) is 7.11 Å². The number of amides is 2. The zero-order valence-electron chi connectivity index (χ0n) is 20.7. The van der Waals surface area contributed by atoms with Crippen molar-refractivity contribution in [2.45, 2.75) is 26.7 Å². The highest BCUT2D eigenvalue weighted by atomic mass is 16.5. The van der Waals surface area contributed by atoms with Gasteiger partial charge in [-0.15, -0.1) is 0 Å². The van der Waals surface area contributed by atoms with Crippen LogP contribution < -0.4 is 4.74 Å². The summed E-state index contributed by atoms with van der Waals surface area (Å²) in [4.78, 5) is 31.8. The van der Waals surface area contributed by atoms with Gasteiger partial charge in [0.1, 0.15) is 5.75 Å². The lowest BCUT2D eigenvalue weighted by molar-refractivity contribution is -0.130. The van der Waals surface area contributed by atoms with Crippen LogP contribution in [0.15, 0.2) is 54.6 Å². The largest absolute Gasteiger partial charge is 0.496 e. The van der Waals surface area contributed by atoms with Crippen molar-refractivity contribution in [2.75, 3.05) is 52.9 Å². The molecule has 1 aliphatic rings. The number of para-hydroxylation sites is 1. The van der Waals surface area contributed by atoms with Gasteiger partial charge in [-0.1, -0.05) is 55.5 Å². The van der Waals surface area contributed by atoms with Gasteiger partial charge < -0.3 is 14.5 Å². The van der Waals surface area contributed by atoms with Crippen molar-refractivity contribution < 1.29 is 14.3 Å². The molecule has 182 valence electrons. The maximum atomic E-state index is 12.9. The molecule has 34 heavy (non-hydrogen) atoms. The van der Waals surface area contributed by atoms with E-state index in [9.17, 15) is 9.59 Å². The minimum Gasteiger partial charge on any atom is -0.496 e. The van der Waals surface area contributed by atoms with E-state index in [4.69, 9.17) is 4.74 Å². The molecule has 3 rings (SSSR count). The molecule has 2 aromatic carbocycles. The molecule has 1 aliphatic heterocycles. The fourth-order valence-corrected chi connectivity index (χ4v) is 4.22. The van der Waals surface area contributed by atoms with Gasteiger partial charge in [-0.3, -0.25) is 14.5 Å². The van der Waals surface area contributed by atoms with E-state index < -0.39 is 0 Å². The van der Waals surface area contributed by atoms with Crippen LogP contribution in [-0.4, -0.2) is 79.4 Å². The third kappa shape index (κ3) is 6.94. The van der Waals surface area contributed by atoms with E-state index in [2.05, 4.69) is 4.90 Å². The number of ether oxygens (including phenoxy) is 1. The first-order valence-electron chi connectivity index (χ1n) is 12.2. The number of nitrogens with zero attached hydrogens (tertiary/aromatic N) is 3. The molecular formula is C28H37N3O3. The number of rotatable bonds is 10. The van der Waals surface area contributed by atoms with Crippen LogP contribution in [0.25, 0.3) is 6.08 Å². The van der Waals surface area contributed by atoms with E-state index in [1.165, 1.54) is 0 Å². The highest BCUT2D eigenvalue weighted by Gasteiger charge is 2.23. The Bertz CT molecular complexity index is 980. The number of piperazine rings is 1. The molecule has 0 atom stereocenters. The van der Waals surface area contributed by atoms with Crippen LogP contribution in [-0.2, 0) is 4.79 Å². The lowest BCUT2D eigenvalue weighted by Crippen LogP contribution is -2.50. The summed E-state index contributed by atoms with van der Waals surface area (Å²) in [7, 11) is 1.66. The molecule has 0 aromatic heterocycles. The lowest BCUT2D eigenvalue weighted by Gasteiger charge is -2.36. The van der Waals surface area contributed by atoms with Crippen molar-refractivity contribution >= 4 is 17.9 Å². The Morgan fingerprint density at radius 2 is 1.74 bits per heavy atom. The SMILES string of the molecule is CCCC(=O)N(C/C=C/c1ccccc1OC)CCN1CCN(C(=O)c2ccccc2C)CC1. The number of carbonyl (C=O) groups is 2. The lowest BCUT2D eigenvalue weighted by atomic mass is 10.1. The predicted octanol–water partition coefficient (Wildman–Crippen LogP) is 4.10. The molecule has 0 aliphatic carbocycles. The molecule has 1 saturated heterocycles. The Morgan fingerprint density at radius 1 is 1.03 bits per heavy atom. The van der Waals surface area contributed by atoms with Crippen LogP contribution in [0.3, 0.4) is 0 Å². The number of methoxy groups -OCH3 is 1. The summed E-state index contributed by atoms with van der Waals surface area (Å²) in [5.41, 5.74) is 2.80. The molecule has 6 heteroatoms. The summed E-state index contributed by atoms with van der Waals surface area (Å²) in [5, 5.41) is 0. The minimum absolute atomic E-state index is 0.110. The van der Waals surface area contributed by atoms with Crippen molar-refractivity contribution in [1.82, 2.24) is 14.7 Å². The molecule has 0 bridgehead atoms. The second-order valence-electron chi connectivity index (χ2n) is 8.68. The fraction of sp³-hybridized carbons (Fsp3) is 0.429. The van der Waals surface area contributed by atoms with Crippen molar-refractivity contribution in [3.8, 4) is 5.75 Å². The second kappa shape index (κ2) is 12.9. The van der Waals surface area contributed by atoms with Gasteiger partial charge in [0.15, 0.2) is 0 Å². The number of aryl methyl sites for hydroxylation is 1. The number of hydrogen-bond donors (Lipinski definition) is 0. The molecule has 1 heterocycles. The summed E-state index contributed by atoms with van der Waals surface area (Å²) in [6, 6.07) is 15.6. The van der Waals surface area contributed by atoms with Gasteiger partial charge in [0.2, 0.25) is 5.91 Å². The van der Waals surface area contributed by atoms with Crippen molar-refractivity contribution in [2.24, 2.45) is 0 Å². The monoisotopic (exact) mass is 463 g/mol. The molecule has 6 nitrogen and oxygen atoms in total. The summed E-state index contributed by atoms with van der Waals surface area (Å²) >= 11 is 0. The topological polar surface area (TPSA) is 53.1 Å². The highest BCUT2D eigenvalue weighted by Crippen LogP contribution is 2.19. The third-order valence-corrected chi connectivity index (χ3v) is 6.30. The minimum atomic E-state index is 0.110. The molecule has 0 saturated carbocycles. The van der Waals surface area contributed by atoms with E-state index in [1.54, 1.807) is 7.11 Å². The Balaban J connectivity index is 1.52. The molecule has 0 unspecified atom stereocenters. The quantitative estimate of drug-likeness (QED) is 0.532. The van der Waals surface area contributed by atoms with Gasteiger partial charge >= 0.3 is 0 Å². The first-order chi connectivity index (χ1) is 16.5. The smallest absolute Gasteiger partial charge is 0.254 e. The number of benzene rings is 2. The van der Waals surface area contributed by atoms with Crippen LogP contribution in [0.5, 0.6) is 5.75 Å². The van der Waals surface area contributed by atoms with Gasteiger partial charge in [0.25, 0.3) is 5.91 Å². The normalized spacial score (nSPS) is 14.4. The van der Waals surface area contributed by atoms with Crippen LogP contribution in [0.4, 0.5) is 0 Å². The van der Waals surface area contributed by atoms with Gasteiger partial charge in [-0.05, 0) is 31.0 Å². The molecule has 2 amide bonds. The molecule has 0 radical (unpaired) electrons. The zero-order chi connectivity index (χ0) is 24.3. The van der Waals surface area contributed by atoms with Crippen LogP contribution in [0.2, 0.25) is 0 Å². The number of hydrogen-bond acceptors (Lipinski definition) is 4. The highest BCUT2D eigenvalue weighted by molar-refractivity contribution is 5.95. The standard InChI is InChI=1S/C28H37N3O3/c1-4-10-27(32)30(16-9-13-24-12-6-8-15-26(24)34-3)20-17-29-18-21-31(22-19-29)28(33)25-14-7-5-11-23(25)2/h5-9,11-15H,4,10,16-22H2,1-3H3/b13-9+. The van der Waals surface area contributed by atoms with E-state index >= 15 is 0 Å². The van der Waals surface area contributed by atoms with Crippen molar-refractivity contribution in [1.29, 1.82) is 0 Å². The van der Waals surface area contributed by atoms with Gasteiger partial charge in [-0.25, -0.2) is 0 Å². The Kier molecular flexibility index (Phi) is 9.71. The first kappa shape index (κ1) is 25.5. The summed E-state index contributed by atoms with van der Waals surface area (Å²) in [6.07, 6.45) is 5.44. The van der Waals surface area contributed by atoms with Gasteiger partial charge in [0, 0.05) is 63.4 Å². The average Bonchev–Trinajstić information content (AvgIpc) is 2.86. The average molecular weight is 464 g/mol. The Labute approximate surface area is 203 Å². The van der Waals surface area contributed by atoms with E-state index in [0.717, 1.165) is 48.5 Å². The van der Waals surface area contributed by atoms with Crippen LogP contribution in [0.1, 0.15) is 41.3 Å². The Hall–Kier alpha value is -3.12. The summed E-state index contributed by atoms with van der Waals surface area (Å²) < 4.78 is 5.41. The third-order valence-electron chi connectivity index (χ3n) is 6.30. The number of carbonyl (C=O) groups excluding carboxylic acids is 2. The molecule has 0 spiro atoms. The Morgan fingerprint density at radius 3 is 2.44 bits per heavy atom. The van der Waals surface area contributed by atoms with Gasteiger partial charge in [-0.2, -0.15) is 0 Å². The second-order valence-corrected chi connectivity index (χ2v) is 8.68. The maximum absolute atomic E-state index is 12.9. The zero-order valence-corrected chi connectivity index (χ0v) is 20.7. The fourth-order valence-electron chi connectivity index (χ4n) is 4.22. The molecule has 1 fully saturated rings. The van der Waals surface area contributed by atoms with E-state index in [0.29, 0.717) is 32.6 Å². The van der Waals surface area contributed by atoms with Crippen LogP contribution >= 0.6 is 0 Å². The summed E-state index contributed by atoms with van der Waals surface area (Å²) in [6.45, 7) is 9.15. The molecule has 0 N–H and O–H groups in total. The maximum Gasteiger partial charge on any atom is 0.254 e. The molecule has 2 aromatic rings. The first-order valence-corrected chi connectivity index (χ1v) is 12.2. The summed E-state index contributed by atoms with van der Waals surface area (Å²) in [5.74, 6) is 1.11. The van der Waals surface area contributed by atoms with Crippen LogP contribution in [0, 0.1) is 6.92 Å². The molecular weight excluding hydrogens is 426 g/mol.